The summed E-state index contributed by atoms with van der Waals surface area (Å²) in [6, 6.07) is 2.02. The summed E-state index contributed by atoms with van der Waals surface area (Å²) in [5, 5.41) is 14.0. The van der Waals surface area contributed by atoms with Gasteiger partial charge >= 0.3 is 5.97 Å². The Hall–Kier alpha value is -1.40. The Labute approximate surface area is 124 Å². The van der Waals surface area contributed by atoms with Crippen molar-refractivity contribution in [3.05, 3.63) is 17.5 Å². The van der Waals surface area contributed by atoms with Gasteiger partial charge in [0.1, 0.15) is 6.04 Å². The first-order valence-corrected chi connectivity index (χ1v) is 7.75. The van der Waals surface area contributed by atoms with Gasteiger partial charge in [0.25, 0.3) is 0 Å². The van der Waals surface area contributed by atoms with Crippen molar-refractivity contribution < 1.29 is 14.6 Å². The predicted octanol–water partition coefficient (Wildman–Crippen LogP) is 1.59. The molecule has 1 N–H and O–H groups in total. The fraction of sp³-hybridized carbons (Fsp3) is 0.733. The smallest absolute Gasteiger partial charge is 0.323 e. The molecule has 0 bridgehead atoms. The Morgan fingerprint density at radius 2 is 2.24 bits per heavy atom. The number of aromatic nitrogens is 2. The standard InChI is InChI=1S/C15H23N3O3/c1-11-8-13(18(16-11)12-4-2-3-5-12)9-17-6-7-21-10-14(17)15(19)20/h8,12,14H,2-7,9-10H2,1H3,(H,19,20). The zero-order chi connectivity index (χ0) is 14.8. The molecule has 1 aliphatic heterocycles. The van der Waals surface area contributed by atoms with Crippen LogP contribution in [0.5, 0.6) is 0 Å². The van der Waals surface area contributed by atoms with E-state index in [2.05, 4.69) is 15.8 Å². The molecule has 1 saturated carbocycles. The molecule has 1 aliphatic carbocycles. The molecular weight excluding hydrogens is 270 g/mol. The summed E-state index contributed by atoms with van der Waals surface area (Å²) in [7, 11) is 0. The second-order valence-electron chi connectivity index (χ2n) is 6.06. The van der Waals surface area contributed by atoms with Crippen LogP contribution in [0.3, 0.4) is 0 Å². The van der Waals surface area contributed by atoms with Gasteiger partial charge in [-0.15, -0.1) is 0 Å². The lowest BCUT2D eigenvalue weighted by molar-refractivity contribution is -0.150. The van der Waals surface area contributed by atoms with Crippen molar-refractivity contribution in [2.75, 3.05) is 19.8 Å². The summed E-state index contributed by atoms with van der Waals surface area (Å²) in [6.45, 7) is 4.17. The summed E-state index contributed by atoms with van der Waals surface area (Å²) in [5.41, 5.74) is 2.14. The highest BCUT2D eigenvalue weighted by molar-refractivity contribution is 5.73. The van der Waals surface area contributed by atoms with Crippen LogP contribution in [-0.4, -0.2) is 51.6 Å². The number of aliphatic carboxylic acids is 1. The number of aryl methyl sites for hydroxylation is 1. The third-order valence-electron chi connectivity index (χ3n) is 4.50. The maximum Gasteiger partial charge on any atom is 0.323 e. The van der Waals surface area contributed by atoms with Crippen molar-refractivity contribution in [2.45, 2.75) is 51.2 Å². The summed E-state index contributed by atoms with van der Waals surface area (Å²) in [4.78, 5) is 13.4. The lowest BCUT2D eigenvalue weighted by atomic mass is 10.2. The van der Waals surface area contributed by atoms with Crippen molar-refractivity contribution in [3.8, 4) is 0 Å². The number of carbonyl (C=O) groups is 1. The lowest BCUT2D eigenvalue weighted by Gasteiger charge is -2.33. The molecule has 3 rings (SSSR count). The van der Waals surface area contributed by atoms with Gasteiger partial charge in [-0.05, 0) is 25.8 Å². The molecule has 21 heavy (non-hydrogen) atoms. The molecule has 0 spiro atoms. The van der Waals surface area contributed by atoms with E-state index < -0.39 is 12.0 Å². The van der Waals surface area contributed by atoms with Crippen LogP contribution in [0.25, 0.3) is 0 Å². The number of morpholine rings is 1. The summed E-state index contributed by atoms with van der Waals surface area (Å²) >= 11 is 0. The minimum atomic E-state index is -0.807. The SMILES string of the molecule is Cc1cc(CN2CCOCC2C(=O)O)n(C2CCCC2)n1. The summed E-state index contributed by atoms with van der Waals surface area (Å²) < 4.78 is 7.44. The minimum Gasteiger partial charge on any atom is -0.480 e. The van der Waals surface area contributed by atoms with E-state index in [4.69, 9.17) is 4.74 Å². The van der Waals surface area contributed by atoms with Crippen LogP contribution in [0.2, 0.25) is 0 Å². The first kappa shape index (κ1) is 14.5. The largest absolute Gasteiger partial charge is 0.480 e. The Morgan fingerprint density at radius 3 is 2.95 bits per heavy atom. The number of hydrogen-bond donors (Lipinski definition) is 1. The van der Waals surface area contributed by atoms with Crippen LogP contribution in [0, 0.1) is 6.92 Å². The average molecular weight is 293 g/mol. The van der Waals surface area contributed by atoms with Crippen LogP contribution in [0.1, 0.15) is 43.1 Å². The first-order chi connectivity index (χ1) is 10.1. The third-order valence-corrected chi connectivity index (χ3v) is 4.50. The van der Waals surface area contributed by atoms with Crippen LogP contribution >= 0.6 is 0 Å². The number of carboxylic acid groups (broad SMARTS) is 1. The highest BCUT2D eigenvalue weighted by atomic mass is 16.5. The van der Waals surface area contributed by atoms with Gasteiger partial charge in [-0.2, -0.15) is 5.10 Å². The highest BCUT2D eigenvalue weighted by Gasteiger charge is 2.30. The average Bonchev–Trinajstić information content (AvgIpc) is 3.08. The second kappa shape index (κ2) is 6.15. The molecule has 0 aromatic carbocycles. The Morgan fingerprint density at radius 1 is 1.48 bits per heavy atom. The van der Waals surface area contributed by atoms with Gasteiger partial charge in [0.15, 0.2) is 0 Å². The normalized spacial score (nSPS) is 24.5. The van der Waals surface area contributed by atoms with Crippen LogP contribution in [-0.2, 0) is 16.1 Å². The van der Waals surface area contributed by atoms with E-state index in [0.717, 1.165) is 11.4 Å². The fourth-order valence-corrected chi connectivity index (χ4v) is 3.42. The molecule has 0 amide bonds. The topological polar surface area (TPSA) is 67.6 Å². The van der Waals surface area contributed by atoms with Gasteiger partial charge in [-0.3, -0.25) is 14.4 Å². The monoisotopic (exact) mass is 293 g/mol. The zero-order valence-electron chi connectivity index (χ0n) is 12.5. The van der Waals surface area contributed by atoms with Gasteiger partial charge in [-0.1, -0.05) is 12.8 Å². The van der Waals surface area contributed by atoms with E-state index in [-0.39, 0.29) is 6.61 Å². The van der Waals surface area contributed by atoms with Crippen LogP contribution in [0.4, 0.5) is 0 Å². The summed E-state index contributed by atoms with van der Waals surface area (Å²) in [6.07, 6.45) is 4.88. The molecule has 1 aromatic rings. The van der Waals surface area contributed by atoms with Crippen molar-refractivity contribution in [1.82, 2.24) is 14.7 Å². The molecule has 2 heterocycles. The van der Waals surface area contributed by atoms with Gasteiger partial charge in [0.2, 0.25) is 0 Å². The quantitative estimate of drug-likeness (QED) is 0.913. The number of rotatable bonds is 4. The molecule has 6 heteroatoms. The van der Waals surface area contributed by atoms with E-state index in [1.54, 1.807) is 0 Å². The minimum absolute atomic E-state index is 0.270. The Kier molecular flexibility index (Phi) is 4.26. The van der Waals surface area contributed by atoms with Gasteiger partial charge < -0.3 is 9.84 Å². The van der Waals surface area contributed by atoms with Crippen molar-refractivity contribution in [1.29, 1.82) is 0 Å². The fourth-order valence-electron chi connectivity index (χ4n) is 3.42. The zero-order valence-corrected chi connectivity index (χ0v) is 12.5. The van der Waals surface area contributed by atoms with E-state index in [9.17, 15) is 9.90 Å². The van der Waals surface area contributed by atoms with Gasteiger partial charge in [0, 0.05) is 13.1 Å². The summed E-state index contributed by atoms with van der Waals surface area (Å²) in [5.74, 6) is -0.807. The number of carboxylic acids is 1. The van der Waals surface area contributed by atoms with E-state index in [1.807, 2.05) is 11.8 Å². The van der Waals surface area contributed by atoms with Gasteiger partial charge in [-0.25, -0.2) is 0 Å². The molecule has 1 aromatic heterocycles. The molecule has 6 nitrogen and oxygen atoms in total. The first-order valence-electron chi connectivity index (χ1n) is 7.75. The predicted molar refractivity (Wildman–Crippen MR) is 77.1 cm³/mol. The maximum atomic E-state index is 11.4. The number of nitrogens with zero attached hydrogens (tertiary/aromatic N) is 3. The van der Waals surface area contributed by atoms with E-state index in [1.165, 1.54) is 25.7 Å². The van der Waals surface area contributed by atoms with Crippen molar-refractivity contribution in [3.63, 3.8) is 0 Å². The molecule has 0 radical (unpaired) electrons. The maximum absolute atomic E-state index is 11.4. The molecule has 1 atom stereocenters. The second-order valence-corrected chi connectivity index (χ2v) is 6.06. The molecule has 116 valence electrons. The highest BCUT2D eigenvalue weighted by Crippen LogP contribution is 2.30. The van der Waals surface area contributed by atoms with E-state index >= 15 is 0 Å². The molecular formula is C15H23N3O3. The molecule has 2 aliphatic rings. The molecule has 1 saturated heterocycles. The third kappa shape index (κ3) is 3.11. The van der Waals surface area contributed by atoms with E-state index in [0.29, 0.717) is 25.7 Å². The van der Waals surface area contributed by atoms with Crippen LogP contribution < -0.4 is 0 Å². The molecule has 2 fully saturated rings. The molecule has 1 unspecified atom stereocenters. The number of ether oxygens (including phenoxy) is 1. The number of hydrogen-bond acceptors (Lipinski definition) is 4. The van der Waals surface area contributed by atoms with Crippen molar-refractivity contribution in [2.24, 2.45) is 0 Å². The van der Waals surface area contributed by atoms with Gasteiger partial charge in [0.05, 0.1) is 30.6 Å². The Bertz CT molecular complexity index is 508. The van der Waals surface area contributed by atoms with Crippen molar-refractivity contribution >= 4 is 5.97 Å². The van der Waals surface area contributed by atoms with Crippen LogP contribution in [0.15, 0.2) is 6.07 Å². The Balaban J connectivity index is 1.78. The lowest BCUT2D eigenvalue weighted by Crippen LogP contribution is -2.49.